The molecule has 0 saturated carbocycles. The van der Waals surface area contributed by atoms with Gasteiger partial charge < -0.3 is 0 Å². The first-order valence-corrected chi connectivity index (χ1v) is 18.8. The second kappa shape index (κ2) is 6.26. The zero-order valence-corrected chi connectivity index (χ0v) is 20.7. The van der Waals surface area contributed by atoms with E-state index in [1.165, 1.54) is 9.15 Å². The predicted molar refractivity (Wildman–Crippen MR) is 99.3 cm³/mol. The number of alkyl halides is 6. The number of hydrogen-bond acceptors (Lipinski definition) is 8. The maximum absolute atomic E-state index is 12.8. The van der Waals surface area contributed by atoms with Crippen molar-refractivity contribution < 1.29 is 68.9 Å². The monoisotopic (exact) mass is 554 g/mol. The van der Waals surface area contributed by atoms with E-state index in [-0.39, 0.29) is 37.2 Å². The average molecular weight is 555 g/mol. The van der Waals surface area contributed by atoms with Gasteiger partial charge in [0.15, 0.2) is 0 Å². The normalized spacial score (nSPS) is 28.9. The summed E-state index contributed by atoms with van der Waals surface area (Å²) in [6.07, 6.45) is -0.724. The molecule has 3 heterocycles. The molecule has 0 aliphatic carbocycles. The van der Waals surface area contributed by atoms with Gasteiger partial charge in [-0.1, -0.05) is 0 Å². The molecule has 0 aromatic carbocycles. The van der Waals surface area contributed by atoms with Gasteiger partial charge >= 0.3 is 179 Å². The fourth-order valence-corrected chi connectivity index (χ4v) is 15.6. The van der Waals surface area contributed by atoms with Crippen LogP contribution in [0.25, 0.3) is 0 Å². The zero-order chi connectivity index (χ0) is 24.9. The second-order valence-corrected chi connectivity index (χ2v) is 24.2. The van der Waals surface area contributed by atoms with E-state index in [1.807, 2.05) is 0 Å². The standard InChI is InChI=1S/C12H20F6N2O8S2Si2/c1-31(2,27-29(21,22)11(13,14)15)7-19-6-10-20(5-9(19)25-31)8-32(3,4,26-10)28-30(23,24)12(16,17)18/h5-8H2,1-4H3. The van der Waals surface area contributed by atoms with Crippen LogP contribution in [0, 0.1) is 0 Å². The summed E-state index contributed by atoms with van der Waals surface area (Å²) in [5.41, 5.74) is -11.3. The topological polar surface area (TPSA) is 111 Å². The van der Waals surface area contributed by atoms with Gasteiger partial charge in [0.1, 0.15) is 0 Å². The molecular weight excluding hydrogens is 534 g/mol. The summed E-state index contributed by atoms with van der Waals surface area (Å²) >= 11 is 0. The van der Waals surface area contributed by atoms with Crippen LogP contribution in [0.5, 0.6) is 0 Å². The summed E-state index contributed by atoms with van der Waals surface area (Å²) in [5.74, 6) is 0.0481. The molecule has 0 amide bonds. The van der Waals surface area contributed by atoms with Crippen molar-refractivity contribution in [1.29, 1.82) is 0 Å². The van der Waals surface area contributed by atoms with Gasteiger partial charge in [-0.25, -0.2) is 0 Å². The van der Waals surface area contributed by atoms with Gasteiger partial charge in [-0.15, -0.1) is 0 Å². The van der Waals surface area contributed by atoms with E-state index in [4.69, 9.17) is 8.85 Å². The van der Waals surface area contributed by atoms with Crippen LogP contribution in [0.1, 0.15) is 0 Å². The van der Waals surface area contributed by atoms with Gasteiger partial charge in [-0.05, 0) is 0 Å². The third-order valence-electron chi connectivity index (χ3n) is 4.81. The Bertz CT molecular complexity index is 1040. The van der Waals surface area contributed by atoms with Crippen molar-refractivity contribution in [2.24, 2.45) is 0 Å². The van der Waals surface area contributed by atoms with E-state index in [1.54, 1.807) is 0 Å². The Morgan fingerprint density at radius 3 is 1.25 bits per heavy atom. The molecule has 0 atom stereocenters. The molecule has 3 rings (SSSR count). The first-order valence-electron chi connectivity index (χ1n) is 8.89. The summed E-state index contributed by atoms with van der Waals surface area (Å²) in [5, 5.41) is 0. The van der Waals surface area contributed by atoms with Gasteiger partial charge in [0.25, 0.3) is 0 Å². The molecule has 0 saturated heterocycles. The summed E-state index contributed by atoms with van der Waals surface area (Å²) < 4.78 is 146. The van der Waals surface area contributed by atoms with Crippen LogP contribution in [0.2, 0.25) is 26.2 Å². The molecule has 0 bridgehead atoms. The first kappa shape index (κ1) is 25.4. The van der Waals surface area contributed by atoms with Crippen molar-refractivity contribution in [2.45, 2.75) is 37.2 Å². The van der Waals surface area contributed by atoms with E-state index in [0.717, 1.165) is 26.2 Å². The van der Waals surface area contributed by atoms with Crippen molar-refractivity contribution in [3.8, 4) is 0 Å². The fourth-order valence-electron chi connectivity index (χ4n) is 3.92. The number of hydrogen-bond donors (Lipinski definition) is 0. The Morgan fingerprint density at radius 1 is 0.719 bits per heavy atom. The molecule has 0 fully saturated rings. The third kappa shape index (κ3) is 4.43. The van der Waals surface area contributed by atoms with E-state index in [0.29, 0.717) is 0 Å². The number of halogens is 6. The van der Waals surface area contributed by atoms with Crippen molar-refractivity contribution >= 4 is 47.7 Å². The average Bonchev–Trinajstić information content (AvgIpc) is 2.87. The molecule has 20 heteroatoms. The molecule has 0 radical (unpaired) electrons. The third-order valence-corrected chi connectivity index (χ3v) is 16.1. The molecule has 3 aliphatic heterocycles. The van der Waals surface area contributed by atoms with Crippen LogP contribution < -0.4 is 0 Å². The number of rotatable bonds is 4. The van der Waals surface area contributed by atoms with Gasteiger partial charge in [-0.2, -0.15) is 0 Å². The van der Waals surface area contributed by atoms with E-state index in [9.17, 15) is 43.2 Å². The van der Waals surface area contributed by atoms with Crippen molar-refractivity contribution in [3.05, 3.63) is 0 Å². The van der Waals surface area contributed by atoms with Gasteiger partial charge in [-0.3, -0.25) is 0 Å². The Kier molecular flexibility index (Phi) is 4.96. The van der Waals surface area contributed by atoms with E-state index >= 15 is 0 Å². The first-order chi connectivity index (χ1) is 13.8. The molecule has 0 aromatic heterocycles. The maximum atomic E-state index is 12.8. The molecule has 0 unspecified atom stereocenters. The van der Waals surface area contributed by atoms with Crippen molar-refractivity contribution in [2.75, 3.05) is 25.4 Å². The van der Waals surface area contributed by atoms with Crippen molar-refractivity contribution in [1.82, 2.24) is 0 Å². The molecule has 188 valence electrons. The Morgan fingerprint density at radius 2 is 1.00 bits per heavy atom. The summed E-state index contributed by atoms with van der Waals surface area (Å²) in [6.45, 7) is 4.13. The number of nitrogens with zero attached hydrogens (tertiary/aromatic N) is 2. The summed E-state index contributed by atoms with van der Waals surface area (Å²) in [6, 6.07) is 0. The second-order valence-electron chi connectivity index (χ2n) is 9.46. The van der Waals surface area contributed by atoms with Crippen LogP contribution >= 0.6 is 0 Å². The molecule has 10 nitrogen and oxygen atoms in total. The van der Waals surface area contributed by atoms with Gasteiger partial charge in [0, 0.05) is 0 Å². The predicted octanol–water partition coefficient (Wildman–Crippen LogP) is 1.00. The quantitative estimate of drug-likeness (QED) is 0.219. The summed E-state index contributed by atoms with van der Waals surface area (Å²) in [7, 11) is -21.3. The molecular formula is C12H20F6N2O8S2Si2. The minimum absolute atomic E-state index is 0.0241. The van der Waals surface area contributed by atoms with Crippen LogP contribution in [-0.4, -0.2) is 89.9 Å². The zero-order valence-electron chi connectivity index (χ0n) is 17.1. The van der Waals surface area contributed by atoms with Crippen molar-refractivity contribution in [3.63, 3.8) is 0 Å². The SMILES string of the molecule is C[Si-]1(C)(OS(=O)(=O)C(F)(F)F)C[N+]2=C(C[N+]3=C(C2)O[Si-](C)(C)(OS(=O)(=O)C(F)(F)F)C3)O1. The van der Waals surface area contributed by atoms with Crippen LogP contribution in [0.4, 0.5) is 26.3 Å². The molecule has 32 heavy (non-hydrogen) atoms. The van der Waals surface area contributed by atoms with Crippen LogP contribution in [0.3, 0.4) is 0 Å². The molecule has 3 aliphatic rings. The Balaban J connectivity index is 1.80. The molecule has 0 spiro atoms. The van der Waals surface area contributed by atoms with E-state index < -0.39 is 46.9 Å². The van der Waals surface area contributed by atoms with Gasteiger partial charge in [0.2, 0.25) is 0 Å². The van der Waals surface area contributed by atoms with Crippen LogP contribution in [-0.2, 0) is 36.8 Å². The van der Waals surface area contributed by atoms with E-state index in [2.05, 4.69) is 7.74 Å². The Hall–Kier alpha value is -1.23. The fraction of sp³-hybridized carbons (Fsp3) is 0.833. The molecule has 0 aromatic rings. The minimum atomic E-state index is -5.96. The summed E-state index contributed by atoms with van der Waals surface area (Å²) in [4.78, 5) is 0. The van der Waals surface area contributed by atoms with Gasteiger partial charge in [0.05, 0.1) is 0 Å². The Labute approximate surface area is 179 Å². The molecule has 0 N–H and O–H groups in total. The van der Waals surface area contributed by atoms with Crippen LogP contribution in [0.15, 0.2) is 0 Å².